The fraction of sp³-hybridized carbons (Fsp3) is 0.538. The molecule has 0 bridgehead atoms. The van der Waals surface area contributed by atoms with E-state index < -0.39 is 47.8 Å². The van der Waals surface area contributed by atoms with Crippen LogP contribution in [0.5, 0.6) is 0 Å². The van der Waals surface area contributed by atoms with Crippen molar-refractivity contribution in [1.29, 1.82) is 0 Å². The monoisotopic (exact) mass is 331 g/mol. The molecule has 0 amide bonds. The number of H-pyrrole nitrogens is 1. The third-order valence-corrected chi connectivity index (χ3v) is 3.15. The molecule has 126 valence electrons. The summed E-state index contributed by atoms with van der Waals surface area (Å²) in [7, 11) is 0. The molecule has 2 heterocycles. The van der Waals surface area contributed by atoms with E-state index in [0.717, 1.165) is 30.7 Å². The Balaban J connectivity index is 2.27. The van der Waals surface area contributed by atoms with Crippen LogP contribution in [0.3, 0.4) is 0 Å². The summed E-state index contributed by atoms with van der Waals surface area (Å²) >= 11 is 0. The van der Waals surface area contributed by atoms with Crippen LogP contribution in [0, 0.1) is 0 Å². The summed E-state index contributed by atoms with van der Waals surface area (Å²) in [5.74, 6) is -1.36. The first-order chi connectivity index (χ1) is 10.8. The number of alkyl halides is 1. The molecule has 0 radical (unpaired) electrons. The Hall–Kier alpha value is -2.49. The van der Waals surface area contributed by atoms with Crippen molar-refractivity contribution in [1.82, 2.24) is 9.55 Å². The first kappa shape index (κ1) is 16.9. The van der Waals surface area contributed by atoms with Gasteiger partial charge in [-0.2, -0.15) is 0 Å². The number of nitrogens with one attached hydrogen (secondary N) is 1. The minimum Gasteiger partial charge on any atom is -0.463 e. The van der Waals surface area contributed by atoms with Crippen LogP contribution < -0.4 is 11.2 Å². The van der Waals surface area contributed by atoms with Crippen molar-refractivity contribution in [2.75, 3.05) is 6.61 Å². The first-order valence-electron chi connectivity index (χ1n) is 6.71. The zero-order valence-electron chi connectivity index (χ0n) is 12.4. The molecule has 23 heavy (non-hydrogen) atoms. The highest BCUT2D eigenvalue weighted by atomic mass is 19.1. The minimum atomic E-state index is -1.89. The average molecular weight is 331 g/mol. The smallest absolute Gasteiger partial charge is 0.330 e. The van der Waals surface area contributed by atoms with Crippen LogP contribution in [0.4, 0.5) is 4.39 Å². The molecule has 10 heteroatoms. The summed E-state index contributed by atoms with van der Waals surface area (Å²) in [6.45, 7) is 1.91. The topological polar surface area (TPSA) is 117 Å². The predicted octanol–water partition coefficient (Wildman–Crippen LogP) is -0.733. The molecule has 9 nitrogen and oxygen atoms in total. The summed E-state index contributed by atoms with van der Waals surface area (Å²) in [4.78, 5) is 46.8. The van der Waals surface area contributed by atoms with E-state index in [-0.39, 0.29) is 6.61 Å². The van der Waals surface area contributed by atoms with Crippen molar-refractivity contribution in [2.45, 2.75) is 38.5 Å². The van der Waals surface area contributed by atoms with E-state index >= 15 is 0 Å². The largest absolute Gasteiger partial charge is 0.463 e. The zero-order valence-corrected chi connectivity index (χ0v) is 12.4. The van der Waals surface area contributed by atoms with Gasteiger partial charge in [-0.15, -0.1) is 0 Å². The number of halogens is 1. The minimum absolute atomic E-state index is 0.345. The number of aromatic nitrogens is 2. The number of ether oxygens (including phenoxy) is 3. The predicted molar refractivity (Wildman–Crippen MR) is 72.3 cm³/mol. The normalized spacial score (nSPS) is 26.7. The highest BCUT2D eigenvalue weighted by Crippen LogP contribution is 2.33. The first-order valence-corrected chi connectivity index (χ1v) is 6.71. The van der Waals surface area contributed by atoms with E-state index in [4.69, 9.17) is 14.2 Å². The van der Waals surface area contributed by atoms with Crippen LogP contribution in [0.15, 0.2) is 21.9 Å². The number of esters is 2. The van der Waals surface area contributed by atoms with Gasteiger partial charge in [0, 0.05) is 26.1 Å². The highest BCUT2D eigenvalue weighted by molar-refractivity contribution is 5.66. The molecule has 1 aliphatic heterocycles. The third kappa shape index (κ3) is 3.83. The summed E-state index contributed by atoms with van der Waals surface area (Å²) in [5.41, 5.74) is -1.52. The van der Waals surface area contributed by atoms with Gasteiger partial charge in [0.05, 0.1) is 0 Å². The van der Waals surface area contributed by atoms with Gasteiger partial charge < -0.3 is 14.2 Å². The zero-order chi connectivity index (χ0) is 17.1. The summed E-state index contributed by atoms with van der Waals surface area (Å²) in [5, 5.41) is 0. The summed E-state index contributed by atoms with van der Waals surface area (Å²) in [6.07, 6.45) is -4.68. The number of rotatable bonds is 4. The van der Waals surface area contributed by atoms with Crippen molar-refractivity contribution >= 4 is 11.9 Å². The Bertz CT molecular complexity index is 713. The van der Waals surface area contributed by atoms with Gasteiger partial charge in [-0.05, 0) is 0 Å². The maximum absolute atomic E-state index is 14.6. The lowest BCUT2D eigenvalue weighted by atomic mass is 10.1. The molecule has 1 N–H and O–H groups in total. The molecule has 1 aliphatic rings. The van der Waals surface area contributed by atoms with E-state index in [1.54, 1.807) is 0 Å². The van der Waals surface area contributed by atoms with Crippen LogP contribution in [-0.2, 0) is 23.8 Å². The number of nitrogens with zero attached hydrogens (tertiary/aromatic N) is 1. The SMILES string of the molecule is CC(=O)OC[C@H]1O[C@@H](n2ccc(=O)[15nH]c2=O)[C@H](F)[C@@H]1OC(C)=O. The van der Waals surface area contributed by atoms with Crippen LogP contribution in [0.2, 0.25) is 0 Å². The second kappa shape index (κ2) is 6.73. The van der Waals surface area contributed by atoms with E-state index in [2.05, 4.69) is 0 Å². The lowest BCUT2D eigenvalue weighted by molar-refractivity contribution is -0.156. The molecule has 2 rings (SSSR count). The Morgan fingerprint density at radius 2 is 2.04 bits per heavy atom. The molecule has 0 saturated carbocycles. The molecule has 0 aliphatic carbocycles. The van der Waals surface area contributed by atoms with E-state index in [1.807, 2.05) is 4.98 Å². The van der Waals surface area contributed by atoms with E-state index in [1.165, 1.54) is 0 Å². The number of hydrogen-bond acceptors (Lipinski definition) is 7. The summed E-state index contributed by atoms with van der Waals surface area (Å²) in [6, 6.07) is 1.03. The lowest BCUT2D eigenvalue weighted by Crippen LogP contribution is -2.37. The quantitative estimate of drug-likeness (QED) is 0.723. The third-order valence-electron chi connectivity index (χ3n) is 3.15. The maximum Gasteiger partial charge on any atom is 0.330 e. The molecule has 1 aromatic rings. The Labute approximate surface area is 129 Å². The fourth-order valence-electron chi connectivity index (χ4n) is 2.21. The van der Waals surface area contributed by atoms with Crippen molar-refractivity contribution in [3.63, 3.8) is 0 Å². The lowest BCUT2D eigenvalue weighted by Gasteiger charge is -2.18. The summed E-state index contributed by atoms with van der Waals surface area (Å²) < 4.78 is 30.4. The second-order valence-electron chi connectivity index (χ2n) is 4.90. The van der Waals surface area contributed by atoms with E-state index in [9.17, 15) is 23.6 Å². The van der Waals surface area contributed by atoms with E-state index in [0.29, 0.717) is 0 Å². The molecule has 0 unspecified atom stereocenters. The van der Waals surface area contributed by atoms with Crippen molar-refractivity contribution < 1.29 is 28.2 Å². The van der Waals surface area contributed by atoms with Gasteiger partial charge in [-0.1, -0.05) is 0 Å². The maximum atomic E-state index is 14.6. The molecule has 0 spiro atoms. The second-order valence-corrected chi connectivity index (χ2v) is 4.90. The molecule has 1 aromatic heterocycles. The van der Waals surface area contributed by atoms with Gasteiger partial charge in [0.25, 0.3) is 5.56 Å². The Kier molecular flexibility index (Phi) is 4.94. The molecule has 0 aromatic carbocycles. The fourth-order valence-corrected chi connectivity index (χ4v) is 2.21. The van der Waals surface area contributed by atoms with Crippen LogP contribution in [-0.4, -0.2) is 46.5 Å². The molecular weight excluding hydrogens is 316 g/mol. The van der Waals surface area contributed by atoms with Crippen LogP contribution >= 0.6 is 0 Å². The Morgan fingerprint density at radius 1 is 1.35 bits per heavy atom. The van der Waals surface area contributed by atoms with Crippen molar-refractivity contribution in [3.05, 3.63) is 33.1 Å². The number of carbonyl (C=O) groups excluding carboxylic acids is 2. The van der Waals surface area contributed by atoms with Gasteiger partial charge in [0.2, 0.25) is 0 Å². The molecular formula is C13H15FN2O7. The number of aromatic amines is 1. The molecule has 4 atom stereocenters. The molecule has 1 saturated heterocycles. The van der Waals surface area contributed by atoms with Gasteiger partial charge in [-0.25, -0.2) is 9.18 Å². The average Bonchev–Trinajstić information content (AvgIpc) is 2.73. The number of hydrogen-bond donors (Lipinski definition) is 1. The van der Waals surface area contributed by atoms with Crippen molar-refractivity contribution in [3.8, 4) is 0 Å². The van der Waals surface area contributed by atoms with Gasteiger partial charge >= 0.3 is 17.6 Å². The van der Waals surface area contributed by atoms with Crippen LogP contribution in [0.25, 0.3) is 0 Å². The Morgan fingerprint density at radius 3 is 2.61 bits per heavy atom. The number of carbonyl (C=O) groups is 2. The van der Waals surface area contributed by atoms with Crippen molar-refractivity contribution in [2.24, 2.45) is 0 Å². The van der Waals surface area contributed by atoms with Crippen LogP contribution in [0.1, 0.15) is 20.1 Å². The van der Waals surface area contributed by atoms with Gasteiger partial charge in [0.15, 0.2) is 18.5 Å². The molecule has 1 fully saturated rings. The van der Waals surface area contributed by atoms with Gasteiger partial charge in [-0.3, -0.25) is 23.9 Å². The van der Waals surface area contributed by atoms with Gasteiger partial charge in [0.1, 0.15) is 12.7 Å². The standard InChI is InChI=1S/C13H15FN2O7/c1-6(17)21-5-8-11(22-7(2)18)10(14)12(23-8)16-4-3-9(19)15-13(16)20/h3-4,8,10-12H,5H2,1-2H3,(H,15,19,20)/t8-,10-,11-,12-/m1/s1/i15+1. The highest BCUT2D eigenvalue weighted by Gasteiger charge is 2.49.